The predicted molar refractivity (Wildman–Crippen MR) is 132 cm³/mol. The monoisotopic (exact) mass is 512 g/mol. The molecule has 36 heavy (non-hydrogen) atoms. The number of hydrogen-bond donors (Lipinski definition) is 2. The molecule has 1 aliphatic rings. The van der Waals surface area contributed by atoms with E-state index in [0.29, 0.717) is 11.6 Å². The Labute approximate surface area is 206 Å². The minimum absolute atomic E-state index is 0.00185. The highest BCUT2D eigenvalue weighted by Gasteiger charge is 2.22. The molecule has 0 saturated carbocycles. The van der Waals surface area contributed by atoms with Gasteiger partial charge in [0.25, 0.3) is 10.0 Å². The number of anilines is 2. The first-order valence-electron chi connectivity index (χ1n) is 11.1. The number of rotatable bonds is 6. The Hall–Kier alpha value is -3.90. The van der Waals surface area contributed by atoms with Gasteiger partial charge in [-0.2, -0.15) is 10.2 Å². The van der Waals surface area contributed by atoms with Gasteiger partial charge in [0.2, 0.25) is 5.88 Å². The standard InChI is InChI=1S/C24H22F2N6O3S/c1-35-24-21(31-36(33,34)23-5-3-17(25)12-19(23)26)11-16(13-28-24)15-2-4-20-18(10-15)22(14-29-30-20)32-8-6-27-7-9-32/h2-5,10-14,27,31H,6-9H2,1H3. The van der Waals surface area contributed by atoms with E-state index in [-0.39, 0.29) is 11.6 Å². The van der Waals surface area contributed by atoms with Crippen molar-refractivity contribution in [3.63, 3.8) is 0 Å². The maximum absolute atomic E-state index is 14.2. The van der Waals surface area contributed by atoms with Crippen LogP contribution in [0.15, 0.2) is 59.8 Å². The van der Waals surface area contributed by atoms with E-state index in [1.54, 1.807) is 18.5 Å². The number of benzene rings is 2. The summed E-state index contributed by atoms with van der Waals surface area (Å²) in [5.74, 6) is -2.09. The van der Waals surface area contributed by atoms with E-state index in [2.05, 4.69) is 30.1 Å². The first kappa shape index (κ1) is 23.8. The van der Waals surface area contributed by atoms with Gasteiger partial charge in [0.15, 0.2) is 0 Å². The number of halogens is 2. The maximum Gasteiger partial charge on any atom is 0.264 e. The third-order valence-corrected chi connectivity index (χ3v) is 7.28. The minimum Gasteiger partial charge on any atom is -0.480 e. The number of fused-ring (bicyclic) bond motifs is 1. The normalized spacial score (nSPS) is 14.1. The smallest absolute Gasteiger partial charge is 0.264 e. The first-order valence-corrected chi connectivity index (χ1v) is 12.6. The summed E-state index contributed by atoms with van der Waals surface area (Å²) in [7, 11) is -3.05. The lowest BCUT2D eigenvalue weighted by Crippen LogP contribution is -2.43. The summed E-state index contributed by atoms with van der Waals surface area (Å²) >= 11 is 0. The van der Waals surface area contributed by atoms with Crippen molar-refractivity contribution < 1.29 is 21.9 Å². The molecule has 1 aliphatic heterocycles. The molecule has 0 bridgehead atoms. The zero-order valence-corrected chi connectivity index (χ0v) is 20.0. The van der Waals surface area contributed by atoms with E-state index in [0.717, 1.165) is 60.5 Å². The van der Waals surface area contributed by atoms with Gasteiger partial charge in [0, 0.05) is 49.4 Å². The second-order valence-electron chi connectivity index (χ2n) is 8.16. The summed E-state index contributed by atoms with van der Waals surface area (Å²) in [5.41, 5.74) is 3.05. The Morgan fingerprint density at radius 3 is 2.58 bits per heavy atom. The van der Waals surface area contributed by atoms with E-state index in [4.69, 9.17) is 4.74 Å². The average Bonchev–Trinajstić information content (AvgIpc) is 2.88. The molecular weight excluding hydrogens is 490 g/mol. The van der Waals surface area contributed by atoms with Crippen molar-refractivity contribution >= 4 is 32.3 Å². The number of ether oxygens (including phenoxy) is 1. The highest BCUT2D eigenvalue weighted by molar-refractivity contribution is 7.92. The molecule has 2 N–H and O–H groups in total. The summed E-state index contributed by atoms with van der Waals surface area (Å²) in [5, 5.41) is 12.6. The van der Waals surface area contributed by atoms with Crippen LogP contribution in [0.2, 0.25) is 0 Å². The van der Waals surface area contributed by atoms with Crippen LogP contribution in [0.5, 0.6) is 5.88 Å². The van der Waals surface area contributed by atoms with Crippen molar-refractivity contribution in [1.29, 1.82) is 0 Å². The van der Waals surface area contributed by atoms with Crippen molar-refractivity contribution in [3.05, 3.63) is 66.5 Å². The third kappa shape index (κ3) is 4.64. The Morgan fingerprint density at radius 1 is 1.03 bits per heavy atom. The number of sulfonamides is 1. The van der Waals surface area contributed by atoms with Crippen LogP contribution in [0.4, 0.5) is 20.2 Å². The molecule has 0 radical (unpaired) electrons. The van der Waals surface area contributed by atoms with E-state index in [9.17, 15) is 17.2 Å². The third-order valence-electron chi connectivity index (χ3n) is 5.88. The zero-order chi connectivity index (χ0) is 25.3. The number of aromatic nitrogens is 3. The van der Waals surface area contributed by atoms with E-state index in [1.807, 2.05) is 18.2 Å². The molecule has 2 aromatic heterocycles. The van der Waals surface area contributed by atoms with E-state index < -0.39 is 26.6 Å². The average molecular weight is 513 g/mol. The van der Waals surface area contributed by atoms with Crippen LogP contribution in [-0.2, 0) is 10.0 Å². The van der Waals surface area contributed by atoms with Gasteiger partial charge >= 0.3 is 0 Å². The largest absolute Gasteiger partial charge is 0.480 e. The van der Waals surface area contributed by atoms with Gasteiger partial charge in [0.05, 0.1) is 24.5 Å². The lowest BCUT2D eigenvalue weighted by Gasteiger charge is -2.29. The van der Waals surface area contributed by atoms with Gasteiger partial charge in [0.1, 0.15) is 22.2 Å². The molecule has 0 unspecified atom stereocenters. The zero-order valence-electron chi connectivity index (χ0n) is 19.2. The molecular formula is C24H22F2N6O3S. The number of hydrogen-bond acceptors (Lipinski definition) is 8. The molecule has 186 valence electrons. The van der Waals surface area contributed by atoms with Crippen LogP contribution in [-0.4, -0.2) is 56.9 Å². The van der Waals surface area contributed by atoms with Crippen molar-refractivity contribution in [2.24, 2.45) is 0 Å². The molecule has 0 atom stereocenters. The topological polar surface area (TPSA) is 109 Å². The van der Waals surface area contributed by atoms with Gasteiger partial charge in [-0.15, -0.1) is 0 Å². The number of methoxy groups -OCH3 is 1. The number of piperazine rings is 1. The van der Waals surface area contributed by atoms with Crippen molar-refractivity contribution in [3.8, 4) is 17.0 Å². The highest BCUT2D eigenvalue weighted by atomic mass is 32.2. The van der Waals surface area contributed by atoms with Crippen LogP contribution < -0.4 is 19.7 Å². The van der Waals surface area contributed by atoms with Gasteiger partial charge in [-0.1, -0.05) is 6.07 Å². The van der Waals surface area contributed by atoms with Crippen LogP contribution in [0, 0.1) is 11.6 Å². The molecule has 0 amide bonds. The summed E-state index contributed by atoms with van der Waals surface area (Å²) in [6.07, 6.45) is 3.29. The summed E-state index contributed by atoms with van der Waals surface area (Å²) in [6.45, 7) is 3.40. The molecule has 2 aromatic carbocycles. The lowest BCUT2D eigenvalue weighted by molar-refractivity contribution is 0.400. The van der Waals surface area contributed by atoms with Crippen LogP contribution in [0.3, 0.4) is 0 Å². The number of nitrogens with one attached hydrogen (secondary N) is 2. The van der Waals surface area contributed by atoms with Crippen molar-refractivity contribution in [1.82, 2.24) is 20.5 Å². The van der Waals surface area contributed by atoms with Gasteiger partial charge in [-0.25, -0.2) is 22.2 Å². The predicted octanol–water partition coefficient (Wildman–Crippen LogP) is 3.19. The van der Waals surface area contributed by atoms with Crippen LogP contribution >= 0.6 is 0 Å². The Kier molecular flexibility index (Phi) is 6.37. The maximum atomic E-state index is 14.2. The molecule has 4 aromatic rings. The Bertz CT molecular complexity index is 1540. The Balaban J connectivity index is 1.54. The quantitative estimate of drug-likeness (QED) is 0.406. The fraction of sp³-hybridized carbons (Fsp3) is 0.208. The second kappa shape index (κ2) is 9.63. The molecule has 0 aliphatic carbocycles. The van der Waals surface area contributed by atoms with E-state index >= 15 is 0 Å². The lowest BCUT2D eigenvalue weighted by atomic mass is 10.0. The molecule has 12 heteroatoms. The highest BCUT2D eigenvalue weighted by Crippen LogP contribution is 2.33. The first-order chi connectivity index (χ1) is 17.4. The number of nitrogens with zero attached hydrogens (tertiary/aromatic N) is 4. The molecule has 0 spiro atoms. The number of pyridine rings is 1. The fourth-order valence-electron chi connectivity index (χ4n) is 4.12. The molecule has 5 rings (SSSR count). The summed E-state index contributed by atoms with van der Waals surface area (Å²) < 4.78 is 60.7. The van der Waals surface area contributed by atoms with Crippen molar-refractivity contribution in [2.45, 2.75) is 4.90 Å². The fourth-order valence-corrected chi connectivity index (χ4v) is 5.23. The molecule has 9 nitrogen and oxygen atoms in total. The van der Waals surface area contributed by atoms with Gasteiger partial charge < -0.3 is 15.0 Å². The second-order valence-corrected chi connectivity index (χ2v) is 9.81. The molecule has 1 saturated heterocycles. The van der Waals surface area contributed by atoms with E-state index in [1.165, 1.54) is 7.11 Å². The summed E-state index contributed by atoms with van der Waals surface area (Å²) in [6, 6.07) is 9.41. The van der Waals surface area contributed by atoms with Crippen LogP contribution in [0.1, 0.15) is 0 Å². The van der Waals surface area contributed by atoms with Crippen LogP contribution in [0.25, 0.3) is 22.0 Å². The van der Waals surface area contributed by atoms with Gasteiger partial charge in [-0.05, 0) is 35.9 Å². The van der Waals surface area contributed by atoms with Gasteiger partial charge in [-0.3, -0.25) is 4.72 Å². The van der Waals surface area contributed by atoms with Crippen molar-refractivity contribution in [2.75, 3.05) is 42.9 Å². The SMILES string of the molecule is COc1ncc(-c2ccc3nncc(N4CCNCC4)c3c2)cc1NS(=O)(=O)c1ccc(F)cc1F. The molecule has 1 fully saturated rings. The minimum atomic E-state index is -4.39. The summed E-state index contributed by atoms with van der Waals surface area (Å²) in [4.78, 5) is 5.77. The molecule has 3 heterocycles. The Morgan fingerprint density at radius 2 is 1.83 bits per heavy atom.